The number of carbonyl (C=O) groups excluding carboxylic acids is 4. The monoisotopic (exact) mass is 1230 g/mol. The molecule has 5 atom stereocenters. The number of aliphatic hydroxyl groups is 1. The molecule has 89 heavy (non-hydrogen) atoms. The second-order valence-corrected chi connectivity index (χ2v) is 32.5. The van der Waals surface area contributed by atoms with Gasteiger partial charge in [-0.2, -0.15) is 0 Å². The molecule has 10 rings (SSSR count). The van der Waals surface area contributed by atoms with Crippen LogP contribution in [0.25, 0.3) is 0 Å². The van der Waals surface area contributed by atoms with E-state index in [2.05, 4.69) is 150 Å². The lowest BCUT2D eigenvalue weighted by molar-refractivity contribution is -0.137. The van der Waals surface area contributed by atoms with E-state index in [4.69, 9.17) is 0 Å². The van der Waals surface area contributed by atoms with Crippen LogP contribution in [0.1, 0.15) is 268 Å². The van der Waals surface area contributed by atoms with Crippen LogP contribution in [0, 0.1) is 22.1 Å². The summed E-state index contributed by atoms with van der Waals surface area (Å²) in [4.78, 5) is 61.2. The first-order chi connectivity index (χ1) is 41.9. The van der Waals surface area contributed by atoms with Crippen molar-refractivity contribution >= 4 is 23.6 Å². The van der Waals surface area contributed by atoms with Crippen molar-refractivity contribution in [3.63, 3.8) is 0 Å². The number of fused-ring (bicyclic) bond motifs is 6. The number of amides is 4. The van der Waals surface area contributed by atoms with E-state index in [9.17, 15) is 28.7 Å². The van der Waals surface area contributed by atoms with Gasteiger partial charge in [-0.1, -0.05) is 117 Å². The highest BCUT2D eigenvalue weighted by Crippen LogP contribution is 2.52. The largest absolute Gasteiger partial charge is 0.393 e. The van der Waals surface area contributed by atoms with Gasteiger partial charge < -0.3 is 40.2 Å². The summed E-state index contributed by atoms with van der Waals surface area (Å²) < 4.78 is 14.3. The molecule has 0 unspecified atom stereocenters. The fourth-order valence-corrected chi connectivity index (χ4v) is 16.4. The van der Waals surface area contributed by atoms with E-state index >= 15 is 0 Å². The first-order valence-electron chi connectivity index (χ1n) is 34.9. The van der Waals surface area contributed by atoms with Gasteiger partial charge in [0.2, 0.25) is 23.6 Å². The zero-order valence-corrected chi connectivity index (χ0v) is 57.8. The van der Waals surface area contributed by atoms with Crippen molar-refractivity contribution in [1.29, 1.82) is 0 Å². The molecule has 4 saturated heterocycles. The molecule has 7 aliphatic rings. The molecular formula is C76H124FN7O5. The first kappa shape index (κ1) is 70.2. The Labute approximate surface area is 542 Å². The van der Waals surface area contributed by atoms with E-state index in [-0.39, 0.29) is 86.6 Å². The van der Waals surface area contributed by atoms with E-state index in [1.807, 2.05) is 11.0 Å². The minimum atomic E-state index is -0.595. The van der Waals surface area contributed by atoms with Gasteiger partial charge in [0.15, 0.2) is 0 Å². The molecule has 4 amide bonds. The molecule has 4 aliphatic heterocycles. The van der Waals surface area contributed by atoms with Gasteiger partial charge in [0, 0.05) is 30.7 Å². The Morgan fingerprint density at radius 2 is 1.00 bits per heavy atom. The summed E-state index contributed by atoms with van der Waals surface area (Å²) in [7, 11) is 0. The summed E-state index contributed by atoms with van der Waals surface area (Å²) in [6.45, 7) is 40.9. The van der Waals surface area contributed by atoms with Crippen LogP contribution in [0.5, 0.6) is 0 Å². The van der Waals surface area contributed by atoms with Gasteiger partial charge in [-0.25, -0.2) is 4.39 Å². The van der Waals surface area contributed by atoms with Gasteiger partial charge in [0.25, 0.3) is 0 Å². The van der Waals surface area contributed by atoms with Crippen molar-refractivity contribution in [3.8, 4) is 0 Å². The summed E-state index contributed by atoms with van der Waals surface area (Å²) in [5, 5.41) is 16.0. The van der Waals surface area contributed by atoms with Crippen LogP contribution in [-0.4, -0.2) is 137 Å². The second-order valence-electron chi connectivity index (χ2n) is 32.5. The molecule has 0 saturated carbocycles. The normalized spacial score (nSPS) is 23.7. The number of likely N-dealkylation sites (tertiary alicyclic amines) is 4. The van der Waals surface area contributed by atoms with Crippen LogP contribution in [0.15, 0.2) is 66.7 Å². The molecule has 3 aromatic rings. The van der Waals surface area contributed by atoms with E-state index in [0.29, 0.717) is 22.8 Å². The number of benzene rings is 3. The number of nitrogens with zero attached hydrogens (tertiary/aromatic N) is 5. The van der Waals surface area contributed by atoms with Crippen LogP contribution >= 0.6 is 0 Å². The average Bonchev–Trinajstić information content (AvgIpc) is 0.822. The molecule has 3 aliphatic carbocycles. The Morgan fingerprint density at radius 3 is 1.42 bits per heavy atom. The number of aliphatic hydroxyl groups excluding tert-OH is 1. The number of hydrogen-bond acceptors (Lipinski definition) is 8. The van der Waals surface area contributed by atoms with Gasteiger partial charge in [0.1, 0.15) is 11.9 Å². The lowest BCUT2D eigenvalue weighted by Crippen LogP contribution is -2.49. The smallest absolute Gasteiger partial charge is 0.243 e. The van der Waals surface area contributed by atoms with Crippen LogP contribution in [0.4, 0.5) is 4.39 Å². The highest BCUT2D eigenvalue weighted by molar-refractivity contribution is 5.87. The van der Waals surface area contributed by atoms with Crippen LogP contribution in [0.2, 0.25) is 0 Å². The van der Waals surface area contributed by atoms with Gasteiger partial charge in [-0.15, -0.1) is 0 Å². The SMILES string of the molecule is CC(=O)N(C(C)C)[C@H]1CCC2(CCN(CCC(C)(C)C)CC2)c2cc(F)ccc21.CC(=O)N1CCC[C@H]1C(=O)N[C@@H]1CCC2(CCN(CCC(C)(C)C)CC2)c2ccccc21.C[C@@H](O)CC(=O)N[C@H]1CCC2(CCN(CCC(C)(C)C)CC2)c2ccccc21.[HH].[HH].[HH]. The van der Waals surface area contributed by atoms with Gasteiger partial charge in [0.05, 0.1) is 30.7 Å². The highest BCUT2D eigenvalue weighted by atomic mass is 19.1. The summed E-state index contributed by atoms with van der Waals surface area (Å²) in [6.07, 6.45) is 18.2. The Bertz CT molecular complexity index is 2860. The van der Waals surface area contributed by atoms with Crippen molar-refractivity contribution in [2.24, 2.45) is 16.2 Å². The zero-order valence-electron chi connectivity index (χ0n) is 57.8. The lowest BCUT2D eigenvalue weighted by atomic mass is 9.63. The number of hydrogen-bond donors (Lipinski definition) is 3. The number of nitrogens with one attached hydrogen (secondary N) is 2. The fourth-order valence-electron chi connectivity index (χ4n) is 16.4. The summed E-state index contributed by atoms with van der Waals surface area (Å²) >= 11 is 0. The molecule has 0 aromatic heterocycles. The van der Waals surface area contributed by atoms with Crippen molar-refractivity contribution < 1.29 is 33.0 Å². The third kappa shape index (κ3) is 18.1. The molecule has 4 heterocycles. The Morgan fingerprint density at radius 1 is 0.573 bits per heavy atom. The van der Waals surface area contributed by atoms with Crippen molar-refractivity contribution in [2.45, 2.75) is 265 Å². The maximum absolute atomic E-state index is 14.3. The number of halogens is 1. The Kier molecular flexibility index (Phi) is 23.3. The molecule has 12 nitrogen and oxygen atoms in total. The van der Waals surface area contributed by atoms with E-state index in [1.165, 1.54) is 98.9 Å². The fraction of sp³-hybridized carbons (Fsp3) is 0.711. The topological polar surface area (TPSA) is 129 Å². The minimum Gasteiger partial charge on any atom is -0.393 e. The van der Waals surface area contributed by atoms with Gasteiger partial charge in [-0.05, 0) is 267 Å². The highest BCUT2D eigenvalue weighted by Gasteiger charge is 2.47. The van der Waals surface area contributed by atoms with E-state index in [1.54, 1.807) is 37.8 Å². The predicted octanol–water partition coefficient (Wildman–Crippen LogP) is 15.0. The quantitative estimate of drug-likeness (QED) is 0.154. The summed E-state index contributed by atoms with van der Waals surface area (Å²) in [6, 6.07) is 22.8. The molecule has 4 fully saturated rings. The first-order valence-corrected chi connectivity index (χ1v) is 34.9. The Hall–Kier alpha value is -4.69. The number of rotatable bonds is 13. The molecule has 3 spiro atoms. The second kappa shape index (κ2) is 29.5. The molecule has 3 aromatic carbocycles. The summed E-state index contributed by atoms with van der Waals surface area (Å²) in [5.41, 5.74) is 9.51. The van der Waals surface area contributed by atoms with Gasteiger partial charge in [-0.3, -0.25) is 19.2 Å². The summed E-state index contributed by atoms with van der Waals surface area (Å²) in [5.74, 6) is -0.0804. The molecule has 3 N–H and O–H groups in total. The lowest BCUT2D eigenvalue weighted by Gasteiger charge is -2.49. The molecule has 0 bridgehead atoms. The van der Waals surface area contributed by atoms with Crippen LogP contribution in [0.3, 0.4) is 0 Å². The molecule has 13 heteroatoms. The molecular weight excluding hydrogens is 1110 g/mol. The third-order valence-electron chi connectivity index (χ3n) is 21.8. The van der Waals surface area contributed by atoms with E-state index in [0.717, 1.165) is 102 Å². The third-order valence-corrected chi connectivity index (χ3v) is 21.8. The number of piperidine rings is 3. The van der Waals surface area contributed by atoms with Gasteiger partial charge >= 0.3 is 0 Å². The minimum absolute atomic E-state index is 0. The molecule has 500 valence electrons. The molecule has 0 radical (unpaired) electrons. The van der Waals surface area contributed by atoms with Crippen molar-refractivity contribution in [3.05, 3.63) is 106 Å². The number of carbonyl (C=O) groups is 4. The van der Waals surface area contributed by atoms with Crippen LogP contribution < -0.4 is 10.6 Å². The maximum atomic E-state index is 14.3. The standard InChI is InChI=1S/C27H41N3O2.C25H39FN2O.C24H38N2O2.3H2/c1-20(31)30-16-7-10-24(30)25(32)28-23-11-12-27(22-9-6-5-8-21(22)23)14-18-29(19-15-27)17-13-26(2,3)4;1-18(2)28(19(3)29)23-9-10-25(22-17-20(26)7-8-21(22)23)12-15-27(16-13-25)14-11-24(4,5)6;1-18(27)17-22(28)25-21-9-10-24(20-8-6-5-7-19(20)21)12-15-26(16-13-24)14-11-23(2,3)4;;;/h5-6,8-9,23-24H,7,10-19H2,1-4H3,(H,28,32);7-8,17-18,23H,9-16H2,1-6H3;5-8,18,21,27H,9-17H2,1-4H3,(H,25,28);3*1H/t23-,24+;23-;18-,21+;;;/m101.../s1. The van der Waals surface area contributed by atoms with Crippen molar-refractivity contribution in [1.82, 2.24) is 35.1 Å². The van der Waals surface area contributed by atoms with Crippen LogP contribution in [-0.2, 0) is 35.4 Å². The zero-order chi connectivity index (χ0) is 64.7. The van der Waals surface area contributed by atoms with E-state index < -0.39 is 6.10 Å². The maximum Gasteiger partial charge on any atom is 0.243 e. The Balaban J connectivity index is 0.000000247. The average molecular weight is 1230 g/mol. The van der Waals surface area contributed by atoms with Crippen molar-refractivity contribution in [2.75, 3.05) is 65.4 Å². The predicted molar refractivity (Wildman–Crippen MR) is 366 cm³/mol.